The smallest absolute Gasteiger partial charge is 0.118 e. The van der Waals surface area contributed by atoms with Crippen molar-refractivity contribution in [2.45, 2.75) is 25.5 Å². The Kier molecular flexibility index (Phi) is 6.75. The number of nitrogens with one attached hydrogen (secondary N) is 1. The lowest BCUT2D eigenvalue weighted by Crippen LogP contribution is -2.32. The Labute approximate surface area is 152 Å². The number of hydrogen-bond donors (Lipinski definition) is 3. The molecule has 24 heavy (non-hydrogen) atoms. The summed E-state index contributed by atoms with van der Waals surface area (Å²) in [6.45, 7) is 2.47. The van der Waals surface area contributed by atoms with Crippen LogP contribution < -0.4 is 15.8 Å². The molecule has 0 saturated carbocycles. The van der Waals surface area contributed by atoms with Crippen LogP contribution in [0.15, 0.2) is 36.4 Å². The summed E-state index contributed by atoms with van der Waals surface area (Å²) < 4.78 is 5.15. The number of aliphatic hydroxyl groups is 1. The minimum atomic E-state index is -0.709. The van der Waals surface area contributed by atoms with E-state index >= 15 is 0 Å². The highest BCUT2D eigenvalue weighted by molar-refractivity contribution is 6.38. The van der Waals surface area contributed by atoms with Gasteiger partial charge in [-0.2, -0.15) is 0 Å². The van der Waals surface area contributed by atoms with Gasteiger partial charge in [-0.25, -0.2) is 0 Å². The summed E-state index contributed by atoms with van der Waals surface area (Å²) in [5, 5.41) is 14.3. The molecule has 6 heteroatoms. The molecule has 4 N–H and O–H groups in total. The molecule has 0 aliphatic carbocycles. The predicted molar refractivity (Wildman–Crippen MR) is 100.0 cm³/mol. The van der Waals surface area contributed by atoms with Gasteiger partial charge in [0.25, 0.3) is 0 Å². The molecule has 2 unspecified atom stereocenters. The third-order valence-electron chi connectivity index (χ3n) is 3.85. The van der Waals surface area contributed by atoms with Crippen LogP contribution in [0, 0.1) is 0 Å². The maximum absolute atomic E-state index is 10.3. The molecule has 0 radical (unpaired) electrons. The van der Waals surface area contributed by atoms with Crippen molar-refractivity contribution in [1.82, 2.24) is 5.32 Å². The number of aliphatic hydroxyl groups excluding tert-OH is 1. The molecule has 130 valence electrons. The first-order valence-electron chi connectivity index (χ1n) is 7.69. The molecule has 4 nitrogen and oxygen atoms in total. The summed E-state index contributed by atoms with van der Waals surface area (Å²) in [6, 6.07) is 11.4. The van der Waals surface area contributed by atoms with Crippen molar-refractivity contribution in [3.05, 3.63) is 57.6 Å². The lowest BCUT2D eigenvalue weighted by molar-refractivity contribution is 0.170. The number of anilines is 1. The fourth-order valence-corrected chi connectivity index (χ4v) is 2.92. The van der Waals surface area contributed by atoms with Gasteiger partial charge in [0.15, 0.2) is 0 Å². The van der Waals surface area contributed by atoms with E-state index in [0.29, 0.717) is 27.8 Å². The Morgan fingerprint density at radius 3 is 2.29 bits per heavy atom. The Balaban J connectivity index is 1.89. The van der Waals surface area contributed by atoms with Crippen molar-refractivity contribution >= 4 is 28.9 Å². The van der Waals surface area contributed by atoms with E-state index in [0.717, 1.165) is 12.2 Å². The summed E-state index contributed by atoms with van der Waals surface area (Å²) in [5.74, 6) is 0.840. The molecule has 2 atom stereocenters. The van der Waals surface area contributed by atoms with Gasteiger partial charge in [-0.3, -0.25) is 0 Å². The van der Waals surface area contributed by atoms with Gasteiger partial charge in [0, 0.05) is 12.6 Å². The summed E-state index contributed by atoms with van der Waals surface area (Å²) in [6.07, 6.45) is 0.138. The third kappa shape index (κ3) is 5.02. The van der Waals surface area contributed by atoms with Gasteiger partial charge in [-0.1, -0.05) is 35.3 Å². The zero-order valence-electron chi connectivity index (χ0n) is 13.7. The highest BCUT2D eigenvalue weighted by Gasteiger charge is 2.13. The molecule has 2 aromatic rings. The molecule has 0 fully saturated rings. The molecule has 0 bridgehead atoms. The van der Waals surface area contributed by atoms with Crippen LogP contribution >= 0.6 is 23.2 Å². The number of ether oxygens (including phenoxy) is 1. The number of nitrogens with two attached hydrogens (primary N) is 1. The molecular formula is C18H22Cl2N2O2. The van der Waals surface area contributed by atoms with Gasteiger partial charge in [-0.15, -0.1) is 0 Å². The quantitative estimate of drug-likeness (QED) is 0.649. The van der Waals surface area contributed by atoms with Crippen LogP contribution in [-0.2, 0) is 6.42 Å². The highest BCUT2D eigenvalue weighted by atomic mass is 35.5. The normalized spacial score (nSPS) is 13.5. The number of methoxy groups -OCH3 is 1. The summed E-state index contributed by atoms with van der Waals surface area (Å²) in [7, 11) is 1.65. The van der Waals surface area contributed by atoms with Gasteiger partial charge in [-0.05, 0) is 48.7 Å². The monoisotopic (exact) mass is 368 g/mol. The first kappa shape index (κ1) is 18.9. The second-order valence-electron chi connectivity index (χ2n) is 5.78. The third-order valence-corrected chi connectivity index (χ3v) is 4.47. The maximum Gasteiger partial charge on any atom is 0.118 e. The summed E-state index contributed by atoms with van der Waals surface area (Å²) in [4.78, 5) is 0. The van der Waals surface area contributed by atoms with Gasteiger partial charge in [0.1, 0.15) is 5.75 Å². The van der Waals surface area contributed by atoms with Crippen LogP contribution in [0.25, 0.3) is 0 Å². The van der Waals surface area contributed by atoms with Crippen LogP contribution in [0.2, 0.25) is 10.0 Å². The molecule has 0 aromatic heterocycles. The summed E-state index contributed by atoms with van der Waals surface area (Å²) >= 11 is 12.0. The lowest BCUT2D eigenvalue weighted by Gasteiger charge is -2.18. The maximum atomic E-state index is 10.3. The second-order valence-corrected chi connectivity index (χ2v) is 6.59. The van der Waals surface area contributed by atoms with E-state index < -0.39 is 6.10 Å². The number of nitrogen functional groups attached to an aromatic ring is 1. The van der Waals surface area contributed by atoms with Gasteiger partial charge in [0.2, 0.25) is 0 Å². The minimum Gasteiger partial charge on any atom is -0.497 e. The van der Waals surface area contributed by atoms with Gasteiger partial charge >= 0.3 is 0 Å². The Hall–Kier alpha value is -1.46. The Morgan fingerprint density at radius 1 is 1.17 bits per heavy atom. The van der Waals surface area contributed by atoms with Crippen molar-refractivity contribution in [2.24, 2.45) is 0 Å². The molecule has 0 amide bonds. The van der Waals surface area contributed by atoms with E-state index in [9.17, 15) is 5.11 Å². The molecule has 0 saturated heterocycles. The van der Waals surface area contributed by atoms with Gasteiger partial charge < -0.3 is 20.9 Å². The van der Waals surface area contributed by atoms with Crippen LogP contribution in [0.5, 0.6) is 5.75 Å². The molecule has 0 heterocycles. The van der Waals surface area contributed by atoms with Crippen molar-refractivity contribution in [3.63, 3.8) is 0 Å². The number of benzene rings is 2. The van der Waals surface area contributed by atoms with Crippen molar-refractivity contribution in [2.75, 3.05) is 19.4 Å². The van der Waals surface area contributed by atoms with Crippen LogP contribution in [0.4, 0.5) is 5.69 Å². The Morgan fingerprint density at radius 2 is 1.75 bits per heavy atom. The van der Waals surface area contributed by atoms with E-state index in [4.69, 9.17) is 33.7 Å². The molecule has 0 aliphatic heterocycles. The topological polar surface area (TPSA) is 67.5 Å². The fraction of sp³-hybridized carbons (Fsp3) is 0.333. The van der Waals surface area contributed by atoms with Crippen LogP contribution in [-0.4, -0.2) is 24.8 Å². The predicted octanol–water partition coefficient (Wildman–Crippen LogP) is 3.84. The molecular weight excluding hydrogens is 347 g/mol. The van der Waals surface area contributed by atoms with E-state index in [1.54, 1.807) is 19.2 Å². The minimum absolute atomic E-state index is 0.202. The molecule has 0 spiro atoms. The SMILES string of the molecule is COc1ccc(CC(C)NCC(O)c2cc(Cl)c(N)c(Cl)c2)cc1. The van der Waals surface area contributed by atoms with E-state index in [-0.39, 0.29) is 6.04 Å². The largest absolute Gasteiger partial charge is 0.497 e. The second kappa shape index (κ2) is 8.58. The average Bonchev–Trinajstić information content (AvgIpc) is 2.57. The van der Waals surface area contributed by atoms with Crippen LogP contribution in [0.3, 0.4) is 0 Å². The van der Waals surface area contributed by atoms with E-state index in [1.165, 1.54) is 5.56 Å². The van der Waals surface area contributed by atoms with Crippen molar-refractivity contribution < 1.29 is 9.84 Å². The molecule has 0 aliphatic rings. The van der Waals surface area contributed by atoms with Gasteiger partial charge in [0.05, 0.1) is 28.9 Å². The lowest BCUT2D eigenvalue weighted by atomic mass is 10.1. The van der Waals surface area contributed by atoms with Crippen molar-refractivity contribution in [3.8, 4) is 5.75 Å². The van der Waals surface area contributed by atoms with Crippen molar-refractivity contribution in [1.29, 1.82) is 0 Å². The zero-order valence-corrected chi connectivity index (χ0v) is 15.2. The average molecular weight is 369 g/mol. The fourth-order valence-electron chi connectivity index (χ4n) is 2.41. The molecule has 2 rings (SSSR count). The number of hydrogen-bond acceptors (Lipinski definition) is 4. The number of rotatable bonds is 7. The summed E-state index contributed by atoms with van der Waals surface area (Å²) in [5.41, 5.74) is 7.88. The van der Waals surface area contributed by atoms with Crippen LogP contribution in [0.1, 0.15) is 24.2 Å². The highest BCUT2D eigenvalue weighted by Crippen LogP contribution is 2.31. The first-order valence-corrected chi connectivity index (χ1v) is 8.45. The standard InChI is InChI=1S/C18H22Cl2N2O2/c1-11(7-12-3-5-14(24-2)6-4-12)22-10-17(23)13-8-15(19)18(21)16(20)9-13/h3-6,8-9,11,17,22-23H,7,10,21H2,1-2H3. The number of halogens is 2. The van der Waals surface area contributed by atoms with E-state index in [2.05, 4.69) is 12.2 Å². The molecule has 2 aromatic carbocycles. The first-order chi connectivity index (χ1) is 11.4. The Bertz CT molecular complexity index is 654. The van der Waals surface area contributed by atoms with E-state index in [1.807, 2.05) is 24.3 Å². The zero-order chi connectivity index (χ0) is 17.7.